The first-order valence-corrected chi connectivity index (χ1v) is 13.1. The number of hydrogen-bond acceptors (Lipinski definition) is 6. The Bertz CT molecular complexity index is 1150. The molecule has 2 aliphatic heterocycles. The van der Waals surface area contributed by atoms with Crippen LogP contribution in [0.4, 0.5) is 11.6 Å². The molecule has 2 saturated heterocycles. The highest BCUT2D eigenvalue weighted by atomic mass is 35.5. The van der Waals surface area contributed by atoms with E-state index in [1.54, 1.807) is 6.20 Å². The van der Waals surface area contributed by atoms with E-state index in [4.69, 9.17) is 16.3 Å². The Morgan fingerprint density at radius 1 is 0.972 bits per heavy atom. The summed E-state index contributed by atoms with van der Waals surface area (Å²) in [6.07, 6.45) is 5.02. The molecule has 1 unspecified atom stereocenters. The van der Waals surface area contributed by atoms with Crippen molar-refractivity contribution in [1.29, 1.82) is 0 Å². The maximum atomic E-state index is 13.2. The van der Waals surface area contributed by atoms with Crippen molar-refractivity contribution in [3.63, 3.8) is 0 Å². The zero-order valence-corrected chi connectivity index (χ0v) is 21.2. The summed E-state index contributed by atoms with van der Waals surface area (Å²) in [4.78, 5) is 26.7. The number of hydrogen-bond donors (Lipinski definition) is 1. The van der Waals surface area contributed by atoms with Crippen LogP contribution in [-0.2, 0) is 4.74 Å². The predicted molar refractivity (Wildman–Crippen MR) is 143 cm³/mol. The summed E-state index contributed by atoms with van der Waals surface area (Å²) >= 11 is 6.00. The van der Waals surface area contributed by atoms with Gasteiger partial charge in [0.15, 0.2) is 0 Å². The van der Waals surface area contributed by atoms with Crippen molar-refractivity contribution in [2.24, 2.45) is 5.92 Å². The van der Waals surface area contributed by atoms with Crippen molar-refractivity contribution >= 4 is 29.1 Å². The van der Waals surface area contributed by atoms with Gasteiger partial charge in [-0.1, -0.05) is 23.7 Å². The van der Waals surface area contributed by atoms with E-state index in [2.05, 4.69) is 20.2 Å². The molecule has 3 aromatic rings. The number of nitrogens with one attached hydrogen (secondary N) is 1. The molecule has 1 amide bonds. The van der Waals surface area contributed by atoms with Gasteiger partial charge in [-0.05, 0) is 67.6 Å². The Hall–Kier alpha value is -3.00. The number of likely N-dealkylation sites (tertiary alicyclic amines) is 1. The third kappa shape index (κ3) is 6.40. The van der Waals surface area contributed by atoms with Crippen LogP contribution in [0.2, 0.25) is 5.02 Å². The van der Waals surface area contributed by atoms with Gasteiger partial charge in [0, 0.05) is 60.8 Å². The Morgan fingerprint density at radius 3 is 2.53 bits per heavy atom. The summed E-state index contributed by atoms with van der Waals surface area (Å²) in [7, 11) is 0. The molecule has 1 N–H and O–H groups in total. The highest BCUT2D eigenvalue weighted by Crippen LogP contribution is 2.23. The molecule has 2 aromatic carbocycles. The van der Waals surface area contributed by atoms with E-state index in [0.717, 1.165) is 75.7 Å². The number of benzene rings is 2. The van der Waals surface area contributed by atoms with Crippen LogP contribution in [0.25, 0.3) is 11.3 Å². The molecule has 8 heteroatoms. The second-order valence-corrected chi connectivity index (χ2v) is 9.91. The predicted octanol–water partition coefficient (Wildman–Crippen LogP) is 5.12. The lowest BCUT2D eigenvalue weighted by Crippen LogP contribution is -2.39. The maximum Gasteiger partial charge on any atom is 0.253 e. The third-order valence-electron chi connectivity index (χ3n) is 6.94. The van der Waals surface area contributed by atoms with Gasteiger partial charge in [0.1, 0.15) is 0 Å². The van der Waals surface area contributed by atoms with Crippen molar-refractivity contribution in [2.45, 2.75) is 19.3 Å². The highest BCUT2D eigenvalue weighted by molar-refractivity contribution is 6.30. The molecule has 36 heavy (non-hydrogen) atoms. The molecular formula is C28H32ClN5O2. The molecule has 3 heterocycles. The number of morpholine rings is 1. The summed E-state index contributed by atoms with van der Waals surface area (Å²) < 4.78 is 5.47. The maximum absolute atomic E-state index is 13.2. The van der Waals surface area contributed by atoms with E-state index in [1.807, 2.05) is 59.5 Å². The molecular weight excluding hydrogens is 474 g/mol. The first kappa shape index (κ1) is 24.7. The van der Waals surface area contributed by atoms with Gasteiger partial charge in [-0.25, -0.2) is 9.97 Å². The second-order valence-electron chi connectivity index (χ2n) is 9.48. The van der Waals surface area contributed by atoms with E-state index in [9.17, 15) is 4.79 Å². The number of anilines is 2. The molecule has 188 valence electrons. The van der Waals surface area contributed by atoms with E-state index in [-0.39, 0.29) is 5.91 Å². The fourth-order valence-electron chi connectivity index (χ4n) is 4.91. The fraction of sp³-hybridized carbons (Fsp3) is 0.393. The Morgan fingerprint density at radius 2 is 1.75 bits per heavy atom. The van der Waals surface area contributed by atoms with Gasteiger partial charge in [0.25, 0.3) is 5.91 Å². The normalized spacial score (nSPS) is 19.0. The van der Waals surface area contributed by atoms with E-state index in [0.29, 0.717) is 22.5 Å². The first-order valence-electron chi connectivity index (χ1n) is 12.7. The molecule has 0 radical (unpaired) electrons. The van der Waals surface area contributed by atoms with Crippen LogP contribution in [0.5, 0.6) is 0 Å². The number of nitrogens with zero attached hydrogens (tertiary/aromatic N) is 4. The number of rotatable bonds is 6. The number of ether oxygens (including phenoxy) is 1. The van der Waals surface area contributed by atoms with Crippen molar-refractivity contribution in [3.8, 4) is 11.3 Å². The molecule has 0 aliphatic carbocycles. The summed E-state index contributed by atoms with van der Waals surface area (Å²) in [5.41, 5.74) is 3.32. The van der Waals surface area contributed by atoms with Gasteiger partial charge >= 0.3 is 0 Å². The van der Waals surface area contributed by atoms with Gasteiger partial charge in [0.05, 0.1) is 18.9 Å². The zero-order chi connectivity index (χ0) is 24.7. The van der Waals surface area contributed by atoms with E-state index >= 15 is 0 Å². The second kappa shape index (κ2) is 11.8. The topological polar surface area (TPSA) is 70.6 Å². The van der Waals surface area contributed by atoms with Crippen LogP contribution in [-0.4, -0.2) is 71.6 Å². The molecule has 0 bridgehead atoms. The smallest absolute Gasteiger partial charge is 0.253 e. The average Bonchev–Trinajstić information content (AvgIpc) is 3.15. The van der Waals surface area contributed by atoms with Gasteiger partial charge in [-0.2, -0.15) is 0 Å². The molecule has 2 aliphatic rings. The minimum absolute atomic E-state index is 0.106. The lowest BCUT2D eigenvalue weighted by atomic mass is 10.00. The quantitative estimate of drug-likeness (QED) is 0.501. The highest BCUT2D eigenvalue weighted by Gasteiger charge is 2.23. The minimum Gasteiger partial charge on any atom is -0.379 e. The summed E-state index contributed by atoms with van der Waals surface area (Å²) in [6.45, 7) is 6.48. The number of amides is 1. The van der Waals surface area contributed by atoms with Gasteiger partial charge < -0.3 is 15.0 Å². The lowest BCUT2D eigenvalue weighted by molar-refractivity contribution is 0.0296. The Labute approximate surface area is 217 Å². The first-order chi connectivity index (χ1) is 17.6. The third-order valence-corrected chi connectivity index (χ3v) is 7.19. The van der Waals surface area contributed by atoms with Gasteiger partial charge in [-0.15, -0.1) is 0 Å². The summed E-state index contributed by atoms with van der Waals surface area (Å²) in [5, 5.41) is 3.93. The molecule has 0 spiro atoms. The number of carbonyl (C=O) groups excluding carboxylic acids is 1. The van der Waals surface area contributed by atoms with Crippen molar-refractivity contribution in [3.05, 3.63) is 71.4 Å². The number of carbonyl (C=O) groups is 1. The Kier molecular flexibility index (Phi) is 8.11. The molecule has 5 rings (SSSR count). The van der Waals surface area contributed by atoms with Gasteiger partial charge in [-0.3, -0.25) is 9.69 Å². The van der Waals surface area contributed by atoms with Gasteiger partial charge in [0.2, 0.25) is 5.95 Å². The van der Waals surface area contributed by atoms with Crippen LogP contribution >= 0.6 is 11.6 Å². The fourth-order valence-corrected chi connectivity index (χ4v) is 5.03. The average molecular weight is 506 g/mol. The number of aromatic nitrogens is 2. The molecule has 0 saturated carbocycles. The largest absolute Gasteiger partial charge is 0.379 e. The summed E-state index contributed by atoms with van der Waals surface area (Å²) in [5.74, 6) is 1.26. The van der Waals surface area contributed by atoms with Crippen LogP contribution in [0.15, 0.2) is 60.8 Å². The SMILES string of the molecule is O=C(c1ccc(Nc2nccc(-c3ccc(Cl)cc3)n2)cc1)N1CCCC(CN2CCOCC2)CC1. The summed E-state index contributed by atoms with van der Waals surface area (Å²) in [6, 6.07) is 17.0. The van der Waals surface area contributed by atoms with E-state index in [1.165, 1.54) is 6.42 Å². The van der Waals surface area contributed by atoms with Crippen molar-refractivity contribution in [1.82, 2.24) is 19.8 Å². The monoisotopic (exact) mass is 505 g/mol. The van der Waals surface area contributed by atoms with Crippen LogP contribution < -0.4 is 5.32 Å². The van der Waals surface area contributed by atoms with Crippen LogP contribution in [0.3, 0.4) is 0 Å². The lowest BCUT2D eigenvalue weighted by Gasteiger charge is -2.30. The van der Waals surface area contributed by atoms with Crippen LogP contribution in [0, 0.1) is 5.92 Å². The molecule has 7 nitrogen and oxygen atoms in total. The van der Waals surface area contributed by atoms with Crippen molar-refractivity contribution in [2.75, 3.05) is 51.3 Å². The number of halogens is 1. The van der Waals surface area contributed by atoms with Crippen molar-refractivity contribution < 1.29 is 9.53 Å². The Balaban J connectivity index is 1.17. The molecule has 2 fully saturated rings. The minimum atomic E-state index is 0.106. The molecule has 1 aromatic heterocycles. The standard InChI is InChI=1S/C28H32ClN5O2/c29-24-7-3-22(4-8-24)26-11-13-30-28(32-26)31-25-9-5-23(6-10-25)27(35)34-14-1-2-21(12-15-34)20-33-16-18-36-19-17-33/h3-11,13,21H,1-2,12,14-20H2,(H,30,31,32). The molecule has 1 atom stereocenters. The zero-order valence-electron chi connectivity index (χ0n) is 20.4. The van der Waals surface area contributed by atoms with Crippen LogP contribution in [0.1, 0.15) is 29.6 Å². The van der Waals surface area contributed by atoms with E-state index < -0.39 is 0 Å².